The third kappa shape index (κ3) is 4.12. The summed E-state index contributed by atoms with van der Waals surface area (Å²) in [7, 11) is 0.613. The third-order valence-electron chi connectivity index (χ3n) is 1.37. The summed E-state index contributed by atoms with van der Waals surface area (Å²) in [5, 5.41) is 0. The molecule has 1 heterocycles. The summed E-state index contributed by atoms with van der Waals surface area (Å²) in [4.78, 5) is 3.79. The van der Waals surface area contributed by atoms with E-state index >= 15 is 0 Å². The molecule has 0 aromatic carbocycles. The molecule has 5 heteroatoms. The Kier molecular flexibility index (Phi) is 5.44. The Morgan fingerprint density at radius 2 is 2.08 bits per heavy atom. The van der Waals surface area contributed by atoms with E-state index in [1.54, 1.807) is 13.3 Å². The Hall–Kier alpha value is -0.0200. The van der Waals surface area contributed by atoms with Gasteiger partial charge in [0.25, 0.3) is 0 Å². The van der Waals surface area contributed by atoms with E-state index in [9.17, 15) is 0 Å². The van der Waals surface area contributed by atoms with Crippen molar-refractivity contribution in [1.29, 1.82) is 0 Å². The fraction of sp³-hybridized carbons (Fsp3) is 0.857. The minimum atomic E-state index is -1.10. The lowest BCUT2D eigenvalue weighted by Crippen LogP contribution is -1.95. The SMILES string of the molecule is CN=CCOP1OCCCCO1. The maximum Gasteiger partial charge on any atom is 0.333 e. The minimum absolute atomic E-state index is 0.474. The van der Waals surface area contributed by atoms with Crippen LogP contribution in [-0.2, 0) is 13.6 Å². The molecule has 0 amide bonds. The number of aliphatic imine (C=N–C) groups is 1. The molecule has 1 fully saturated rings. The molecule has 0 bridgehead atoms. The average molecular weight is 191 g/mol. The standard InChI is InChI=1S/C7H14NO3P/c1-8-4-7-11-12-9-5-2-3-6-10-12/h4H,2-3,5-7H2,1H3. The zero-order valence-electron chi connectivity index (χ0n) is 7.23. The molecule has 12 heavy (non-hydrogen) atoms. The van der Waals surface area contributed by atoms with Crippen molar-refractivity contribution in [3.63, 3.8) is 0 Å². The van der Waals surface area contributed by atoms with Gasteiger partial charge in [0.05, 0.1) is 19.8 Å². The maximum absolute atomic E-state index is 5.31. The smallest absolute Gasteiger partial charge is 0.312 e. The van der Waals surface area contributed by atoms with Gasteiger partial charge in [-0.1, -0.05) is 0 Å². The Morgan fingerprint density at radius 1 is 1.42 bits per heavy atom. The van der Waals surface area contributed by atoms with Crippen molar-refractivity contribution in [3.05, 3.63) is 0 Å². The molecule has 0 atom stereocenters. The van der Waals surface area contributed by atoms with Crippen LogP contribution in [0.1, 0.15) is 12.8 Å². The predicted molar refractivity (Wildman–Crippen MR) is 48.4 cm³/mol. The van der Waals surface area contributed by atoms with Crippen LogP contribution in [0.5, 0.6) is 0 Å². The lowest BCUT2D eigenvalue weighted by atomic mass is 10.3. The van der Waals surface area contributed by atoms with Gasteiger partial charge < -0.3 is 13.6 Å². The van der Waals surface area contributed by atoms with Crippen molar-refractivity contribution in [3.8, 4) is 0 Å². The highest BCUT2D eigenvalue weighted by molar-refractivity contribution is 7.41. The predicted octanol–water partition coefficient (Wildman–Crippen LogP) is 1.76. The molecule has 70 valence electrons. The first-order chi connectivity index (χ1) is 5.93. The van der Waals surface area contributed by atoms with E-state index in [1.165, 1.54) is 0 Å². The highest BCUT2D eigenvalue weighted by atomic mass is 31.2. The number of nitrogens with zero attached hydrogens (tertiary/aromatic N) is 1. The molecule has 1 saturated heterocycles. The Morgan fingerprint density at radius 3 is 2.67 bits per heavy atom. The molecule has 0 radical (unpaired) electrons. The molecular formula is C7H14NO3P. The fourth-order valence-electron chi connectivity index (χ4n) is 0.763. The van der Waals surface area contributed by atoms with Gasteiger partial charge in [-0.25, -0.2) is 0 Å². The molecule has 1 rings (SSSR count). The van der Waals surface area contributed by atoms with Gasteiger partial charge >= 0.3 is 8.60 Å². The molecule has 0 aliphatic carbocycles. The van der Waals surface area contributed by atoms with Crippen molar-refractivity contribution in [2.45, 2.75) is 12.8 Å². The van der Waals surface area contributed by atoms with Gasteiger partial charge in [0.2, 0.25) is 0 Å². The van der Waals surface area contributed by atoms with Gasteiger partial charge in [-0.05, 0) is 12.8 Å². The Bertz CT molecular complexity index is 135. The topological polar surface area (TPSA) is 40.0 Å². The van der Waals surface area contributed by atoms with Crippen LogP contribution in [0.25, 0.3) is 0 Å². The highest BCUT2D eigenvalue weighted by Crippen LogP contribution is 2.41. The van der Waals surface area contributed by atoms with Gasteiger partial charge in [-0.3, -0.25) is 4.99 Å². The van der Waals surface area contributed by atoms with Gasteiger partial charge in [0.1, 0.15) is 0 Å². The van der Waals surface area contributed by atoms with E-state index in [1.807, 2.05) is 0 Å². The molecule has 0 unspecified atom stereocenters. The number of rotatable bonds is 3. The molecule has 1 aliphatic rings. The molecule has 1 aliphatic heterocycles. The van der Waals surface area contributed by atoms with Crippen LogP contribution in [0.15, 0.2) is 4.99 Å². The summed E-state index contributed by atoms with van der Waals surface area (Å²) >= 11 is 0. The van der Waals surface area contributed by atoms with Crippen LogP contribution in [0, 0.1) is 0 Å². The lowest BCUT2D eigenvalue weighted by molar-refractivity contribution is 0.201. The lowest BCUT2D eigenvalue weighted by Gasteiger charge is -2.11. The molecule has 0 aromatic rings. The molecule has 0 spiro atoms. The van der Waals surface area contributed by atoms with Crippen LogP contribution in [-0.4, -0.2) is 33.1 Å². The quantitative estimate of drug-likeness (QED) is 0.504. The van der Waals surface area contributed by atoms with Crippen LogP contribution in [0.3, 0.4) is 0 Å². The largest absolute Gasteiger partial charge is 0.333 e. The summed E-state index contributed by atoms with van der Waals surface area (Å²) in [5.74, 6) is 0. The summed E-state index contributed by atoms with van der Waals surface area (Å²) in [5.41, 5.74) is 0. The van der Waals surface area contributed by atoms with Gasteiger partial charge in [-0.2, -0.15) is 0 Å². The van der Waals surface area contributed by atoms with E-state index in [4.69, 9.17) is 13.6 Å². The van der Waals surface area contributed by atoms with Gasteiger partial charge in [0, 0.05) is 13.3 Å². The second kappa shape index (κ2) is 6.49. The zero-order chi connectivity index (χ0) is 8.65. The van der Waals surface area contributed by atoms with Crippen LogP contribution >= 0.6 is 8.60 Å². The molecule has 0 aromatic heterocycles. The van der Waals surface area contributed by atoms with Crippen molar-refractivity contribution in [2.75, 3.05) is 26.9 Å². The second-order valence-corrected chi connectivity index (χ2v) is 3.56. The summed E-state index contributed by atoms with van der Waals surface area (Å²) in [6.07, 6.45) is 3.81. The van der Waals surface area contributed by atoms with E-state index in [0.717, 1.165) is 26.1 Å². The minimum Gasteiger partial charge on any atom is -0.312 e. The van der Waals surface area contributed by atoms with Crippen molar-refractivity contribution < 1.29 is 13.6 Å². The Labute approximate surface area is 73.9 Å². The number of hydrogen-bond donors (Lipinski definition) is 0. The van der Waals surface area contributed by atoms with Gasteiger partial charge in [0.15, 0.2) is 0 Å². The second-order valence-electron chi connectivity index (χ2n) is 2.33. The molecule has 0 N–H and O–H groups in total. The monoisotopic (exact) mass is 191 g/mol. The van der Waals surface area contributed by atoms with E-state index in [-0.39, 0.29) is 0 Å². The maximum atomic E-state index is 5.31. The normalized spacial score (nSPS) is 21.4. The first-order valence-electron chi connectivity index (χ1n) is 4.03. The average Bonchev–Trinajstić information content (AvgIpc) is 2.33. The van der Waals surface area contributed by atoms with Crippen LogP contribution < -0.4 is 0 Å². The van der Waals surface area contributed by atoms with Crippen LogP contribution in [0.4, 0.5) is 0 Å². The van der Waals surface area contributed by atoms with Crippen molar-refractivity contribution >= 4 is 14.8 Å². The third-order valence-corrected chi connectivity index (χ3v) is 2.52. The summed E-state index contributed by atoms with van der Waals surface area (Å²) in [6.45, 7) is 1.96. The first-order valence-corrected chi connectivity index (χ1v) is 5.12. The highest BCUT2D eigenvalue weighted by Gasteiger charge is 2.14. The summed E-state index contributed by atoms with van der Waals surface area (Å²) < 4.78 is 15.9. The van der Waals surface area contributed by atoms with E-state index < -0.39 is 8.60 Å². The van der Waals surface area contributed by atoms with Crippen molar-refractivity contribution in [2.24, 2.45) is 4.99 Å². The van der Waals surface area contributed by atoms with Crippen molar-refractivity contribution in [1.82, 2.24) is 0 Å². The number of hydrogen-bond acceptors (Lipinski definition) is 4. The van der Waals surface area contributed by atoms with Crippen LogP contribution in [0.2, 0.25) is 0 Å². The molecule has 0 saturated carbocycles. The van der Waals surface area contributed by atoms with E-state index in [0.29, 0.717) is 6.61 Å². The zero-order valence-corrected chi connectivity index (χ0v) is 8.13. The molecular weight excluding hydrogens is 177 g/mol. The fourth-order valence-corrected chi connectivity index (χ4v) is 1.73. The summed E-state index contributed by atoms with van der Waals surface area (Å²) in [6, 6.07) is 0. The Balaban J connectivity index is 2.11. The first kappa shape index (κ1) is 10.1. The van der Waals surface area contributed by atoms with Gasteiger partial charge in [-0.15, -0.1) is 0 Å². The van der Waals surface area contributed by atoms with E-state index in [2.05, 4.69) is 4.99 Å². The molecule has 4 nitrogen and oxygen atoms in total.